The van der Waals surface area contributed by atoms with Crippen LogP contribution >= 0.6 is 0 Å². The fraction of sp³-hybridized carbons (Fsp3) is 0.400. The topological polar surface area (TPSA) is 104 Å². The summed E-state index contributed by atoms with van der Waals surface area (Å²) in [5.41, 5.74) is 1.45. The molecule has 0 atom stereocenters. The molecule has 0 aromatic carbocycles. The predicted molar refractivity (Wildman–Crippen MR) is 59.3 cm³/mol. The van der Waals surface area contributed by atoms with Gasteiger partial charge in [0.25, 0.3) is 0 Å². The second kappa shape index (κ2) is 6.41. The van der Waals surface area contributed by atoms with Crippen LogP contribution in [0.1, 0.15) is 17.8 Å². The van der Waals surface area contributed by atoms with Gasteiger partial charge in [-0.1, -0.05) is 0 Å². The summed E-state index contributed by atoms with van der Waals surface area (Å²) in [6.07, 6.45) is 3.09. The number of aryl methyl sites for hydroxylation is 1. The molecule has 92 valence electrons. The van der Waals surface area contributed by atoms with Crippen molar-refractivity contribution in [3.63, 3.8) is 0 Å². The van der Waals surface area contributed by atoms with Crippen LogP contribution in [0.15, 0.2) is 12.4 Å². The first-order chi connectivity index (χ1) is 8.08. The second-order valence-electron chi connectivity index (χ2n) is 3.40. The predicted octanol–water partition coefficient (Wildman–Crippen LogP) is 0.0589. The Bertz CT molecular complexity index is 391. The molecule has 0 aliphatic heterocycles. The highest BCUT2D eigenvalue weighted by Gasteiger charge is 2.02. The third-order valence-electron chi connectivity index (χ3n) is 1.89. The molecule has 7 nitrogen and oxygen atoms in total. The van der Waals surface area contributed by atoms with Crippen molar-refractivity contribution in [3.05, 3.63) is 23.8 Å². The van der Waals surface area contributed by atoms with Gasteiger partial charge in [0, 0.05) is 12.7 Å². The molecule has 0 saturated heterocycles. The van der Waals surface area contributed by atoms with Gasteiger partial charge < -0.3 is 15.7 Å². The molecular formula is C10H14N4O3. The summed E-state index contributed by atoms with van der Waals surface area (Å²) in [6.45, 7) is 2.18. The minimum Gasteiger partial charge on any atom is -0.481 e. The molecule has 17 heavy (non-hydrogen) atoms. The van der Waals surface area contributed by atoms with Gasteiger partial charge in [0.15, 0.2) is 0 Å². The Balaban J connectivity index is 2.23. The van der Waals surface area contributed by atoms with Crippen LogP contribution in [0, 0.1) is 6.92 Å². The van der Waals surface area contributed by atoms with Gasteiger partial charge in [-0.25, -0.2) is 4.79 Å². The molecular weight excluding hydrogens is 224 g/mol. The lowest BCUT2D eigenvalue weighted by Crippen LogP contribution is -2.36. The largest absolute Gasteiger partial charge is 0.481 e. The third-order valence-corrected chi connectivity index (χ3v) is 1.89. The summed E-state index contributed by atoms with van der Waals surface area (Å²) in [5, 5.41) is 13.3. The fourth-order valence-electron chi connectivity index (χ4n) is 1.03. The summed E-state index contributed by atoms with van der Waals surface area (Å²) in [4.78, 5) is 29.5. The first kappa shape index (κ1) is 12.9. The lowest BCUT2D eigenvalue weighted by Gasteiger charge is -2.05. The van der Waals surface area contributed by atoms with Crippen LogP contribution in [0.4, 0.5) is 4.79 Å². The van der Waals surface area contributed by atoms with Crippen LogP contribution in [0.3, 0.4) is 0 Å². The van der Waals surface area contributed by atoms with Gasteiger partial charge in [-0.2, -0.15) is 0 Å². The average molecular weight is 238 g/mol. The lowest BCUT2D eigenvalue weighted by atomic mass is 10.4. The first-order valence-corrected chi connectivity index (χ1v) is 5.09. The number of carboxylic acid groups (broad SMARTS) is 1. The van der Waals surface area contributed by atoms with Crippen LogP contribution in [-0.4, -0.2) is 33.6 Å². The molecule has 0 unspecified atom stereocenters. The Labute approximate surface area is 98.3 Å². The van der Waals surface area contributed by atoms with E-state index in [1.54, 1.807) is 12.4 Å². The summed E-state index contributed by atoms with van der Waals surface area (Å²) >= 11 is 0. The van der Waals surface area contributed by atoms with E-state index in [4.69, 9.17) is 5.11 Å². The number of aromatic nitrogens is 2. The monoisotopic (exact) mass is 238 g/mol. The van der Waals surface area contributed by atoms with E-state index in [1.807, 2.05) is 6.92 Å². The normalized spacial score (nSPS) is 9.71. The molecule has 0 aliphatic rings. The number of carboxylic acids is 1. The molecule has 0 radical (unpaired) electrons. The van der Waals surface area contributed by atoms with E-state index >= 15 is 0 Å². The molecule has 0 aliphatic carbocycles. The number of carbonyl (C=O) groups is 2. The van der Waals surface area contributed by atoms with E-state index in [0.717, 1.165) is 5.69 Å². The van der Waals surface area contributed by atoms with Gasteiger partial charge in [0.2, 0.25) is 0 Å². The van der Waals surface area contributed by atoms with Gasteiger partial charge in [0.1, 0.15) is 0 Å². The summed E-state index contributed by atoms with van der Waals surface area (Å²) in [7, 11) is 0. The molecule has 7 heteroatoms. The van der Waals surface area contributed by atoms with Gasteiger partial charge in [-0.05, 0) is 6.92 Å². The number of urea groups is 1. The van der Waals surface area contributed by atoms with E-state index in [9.17, 15) is 9.59 Å². The first-order valence-electron chi connectivity index (χ1n) is 5.09. The van der Waals surface area contributed by atoms with Gasteiger partial charge in [-0.15, -0.1) is 0 Å². The van der Waals surface area contributed by atoms with E-state index in [1.165, 1.54) is 0 Å². The zero-order valence-corrected chi connectivity index (χ0v) is 9.43. The molecule has 0 spiro atoms. The Morgan fingerprint density at radius 3 is 2.65 bits per heavy atom. The minimum absolute atomic E-state index is 0.0980. The number of nitrogens with zero attached hydrogens (tertiary/aromatic N) is 2. The van der Waals surface area contributed by atoms with Crippen LogP contribution in [0.2, 0.25) is 0 Å². The number of amides is 2. The zero-order valence-electron chi connectivity index (χ0n) is 9.43. The minimum atomic E-state index is -0.949. The van der Waals surface area contributed by atoms with Crippen molar-refractivity contribution >= 4 is 12.0 Å². The van der Waals surface area contributed by atoms with Crippen molar-refractivity contribution in [2.24, 2.45) is 0 Å². The van der Waals surface area contributed by atoms with E-state index in [0.29, 0.717) is 5.69 Å². The number of nitrogens with one attached hydrogen (secondary N) is 2. The van der Waals surface area contributed by atoms with Crippen LogP contribution in [-0.2, 0) is 11.3 Å². The summed E-state index contributed by atoms with van der Waals surface area (Å²) in [5.74, 6) is -0.949. The number of rotatable bonds is 5. The Hall–Kier alpha value is -2.18. The number of carbonyl (C=O) groups excluding carboxylic acids is 1. The number of hydrogen-bond acceptors (Lipinski definition) is 4. The highest BCUT2D eigenvalue weighted by atomic mass is 16.4. The summed E-state index contributed by atoms with van der Waals surface area (Å²) in [6, 6.07) is -0.423. The fourth-order valence-corrected chi connectivity index (χ4v) is 1.03. The van der Waals surface area contributed by atoms with E-state index in [2.05, 4.69) is 20.6 Å². The number of hydrogen-bond donors (Lipinski definition) is 3. The maximum atomic E-state index is 11.2. The van der Waals surface area contributed by atoms with Gasteiger partial charge in [-0.3, -0.25) is 14.8 Å². The lowest BCUT2D eigenvalue weighted by molar-refractivity contribution is -0.136. The van der Waals surface area contributed by atoms with Crippen molar-refractivity contribution in [1.29, 1.82) is 0 Å². The Morgan fingerprint density at radius 2 is 2.06 bits per heavy atom. The van der Waals surface area contributed by atoms with Gasteiger partial charge >= 0.3 is 12.0 Å². The third kappa shape index (κ3) is 5.45. The maximum Gasteiger partial charge on any atom is 0.315 e. The molecule has 0 saturated carbocycles. The number of aliphatic carboxylic acids is 1. The van der Waals surface area contributed by atoms with Crippen LogP contribution < -0.4 is 10.6 Å². The van der Waals surface area contributed by atoms with E-state index < -0.39 is 12.0 Å². The molecule has 1 heterocycles. The molecule has 3 N–H and O–H groups in total. The smallest absolute Gasteiger partial charge is 0.315 e. The van der Waals surface area contributed by atoms with Crippen molar-refractivity contribution in [3.8, 4) is 0 Å². The second-order valence-corrected chi connectivity index (χ2v) is 3.40. The highest BCUT2D eigenvalue weighted by Crippen LogP contribution is 1.92. The summed E-state index contributed by atoms with van der Waals surface area (Å²) < 4.78 is 0. The molecule has 1 aromatic heterocycles. The standard InChI is InChI=1S/C10H14N4O3/c1-7-4-13-8(5-12-7)6-14-10(17)11-3-2-9(15)16/h4-5H,2-3,6H2,1H3,(H,15,16)(H2,11,14,17). The average Bonchev–Trinajstić information content (AvgIpc) is 2.28. The molecule has 1 rings (SSSR count). The van der Waals surface area contributed by atoms with Crippen molar-refractivity contribution < 1.29 is 14.7 Å². The zero-order chi connectivity index (χ0) is 12.7. The molecule has 2 amide bonds. The van der Waals surface area contributed by atoms with Gasteiger partial charge in [0.05, 0.1) is 30.6 Å². The molecule has 0 fully saturated rings. The quantitative estimate of drug-likeness (QED) is 0.672. The highest BCUT2D eigenvalue weighted by molar-refractivity contribution is 5.74. The SMILES string of the molecule is Cc1cnc(CNC(=O)NCCC(=O)O)cn1. The Kier molecular flexibility index (Phi) is 4.86. The van der Waals surface area contributed by atoms with Crippen LogP contribution in [0.5, 0.6) is 0 Å². The molecule has 0 bridgehead atoms. The van der Waals surface area contributed by atoms with Crippen molar-refractivity contribution in [2.75, 3.05) is 6.54 Å². The Morgan fingerprint density at radius 1 is 1.29 bits per heavy atom. The van der Waals surface area contributed by atoms with Crippen molar-refractivity contribution in [1.82, 2.24) is 20.6 Å². The van der Waals surface area contributed by atoms with E-state index in [-0.39, 0.29) is 19.5 Å². The molecule has 1 aromatic rings. The van der Waals surface area contributed by atoms with Crippen LogP contribution in [0.25, 0.3) is 0 Å². The maximum absolute atomic E-state index is 11.2. The van der Waals surface area contributed by atoms with Crippen molar-refractivity contribution in [2.45, 2.75) is 19.9 Å².